The molecule has 12 heteroatoms. The van der Waals surface area contributed by atoms with Crippen molar-refractivity contribution in [1.82, 2.24) is 0 Å². The molecule has 12 nitrogen and oxygen atoms in total. The van der Waals surface area contributed by atoms with Crippen LogP contribution in [0.3, 0.4) is 0 Å². The van der Waals surface area contributed by atoms with Gasteiger partial charge >= 0.3 is 11.9 Å². The van der Waals surface area contributed by atoms with Crippen molar-refractivity contribution in [3.8, 4) is 5.75 Å². The number of aliphatic hydroxyl groups is 3. The molecule has 1 aromatic carbocycles. The summed E-state index contributed by atoms with van der Waals surface area (Å²) in [7, 11) is 1.35. The summed E-state index contributed by atoms with van der Waals surface area (Å²) < 4.78 is 6.07. The highest BCUT2D eigenvalue weighted by atomic mass is 16.5. The molecule has 0 saturated carbocycles. The molecule has 0 amide bonds. The minimum Gasteiger partial charge on any atom is -0.494 e. The zero-order chi connectivity index (χ0) is 38.2. The molecule has 1 aromatic rings. The van der Waals surface area contributed by atoms with Crippen LogP contribution in [0.5, 0.6) is 5.75 Å². The maximum atomic E-state index is 14.3. The lowest BCUT2D eigenvalue weighted by molar-refractivity contribution is -0.143. The highest BCUT2D eigenvalue weighted by Gasteiger charge is 2.52. The second kappa shape index (κ2) is 13.3. The van der Waals surface area contributed by atoms with Gasteiger partial charge in [0.25, 0.3) is 0 Å². The average molecular weight is 714 g/mol. The van der Waals surface area contributed by atoms with E-state index in [4.69, 9.17) is 4.74 Å². The summed E-state index contributed by atoms with van der Waals surface area (Å²) in [6.45, 7) is 8.77. The van der Waals surface area contributed by atoms with Crippen LogP contribution in [0.1, 0.15) is 86.8 Å². The van der Waals surface area contributed by atoms with E-state index in [0.29, 0.717) is 39.0 Å². The molecule has 0 aromatic heterocycles. The van der Waals surface area contributed by atoms with Crippen LogP contribution in [-0.4, -0.2) is 87.3 Å². The SMILES string of the molecule is COc1c(NC(C(=O)O)C(C)C)c2c3c4c1C(C(C)=O)C(C)=CC1=C(CC(C(=O)O)C(C)C)C(O)C5=C(C(=C3C(CO)=CC2=O)C(CO)=CC5=O)C14. The van der Waals surface area contributed by atoms with Gasteiger partial charge in [0.15, 0.2) is 11.6 Å². The number of anilines is 1. The lowest BCUT2D eigenvalue weighted by Crippen LogP contribution is -2.39. The zero-order valence-electron chi connectivity index (χ0n) is 30.1. The molecule has 5 atom stereocenters. The predicted molar refractivity (Wildman–Crippen MR) is 190 cm³/mol. The van der Waals surface area contributed by atoms with Crippen LogP contribution in [0.2, 0.25) is 0 Å². The van der Waals surface area contributed by atoms with E-state index in [1.54, 1.807) is 40.7 Å². The summed E-state index contributed by atoms with van der Waals surface area (Å²) in [6.07, 6.45) is 2.48. The number of carboxylic acids is 2. The molecule has 6 N–H and O–H groups in total. The van der Waals surface area contributed by atoms with Crippen molar-refractivity contribution in [3.63, 3.8) is 0 Å². The summed E-state index contributed by atoms with van der Waals surface area (Å²) in [5.41, 5.74) is 3.54. The number of carboxylic acid groups (broad SMARTS) is 2. The number of carbonyl (C=O) groups excluding carboxylic acids is 3. The third-order valence-corrected chi connectivity index (χ3v) is 11.1. The molecule has 0 saturated heterocycles. The quantitative estimate of drug-likeness (QED) is 0.182. The third-order valence-electron chi connectivity index (χ3n) is 11.1. The number of carbonyl (C=O) groups is 5. The first-order valence-corrected chi connectivity index (χ1v) is 17.3. The maximum Gasteiger partial charge on any atom is 0.326 e. The lowest BCUT2D eigenvalue weighted by atomic mass is 9.58. The van der Waals surface area contributed by atoms with Gasteiger partial charge in [-0.05, 0) is 88.8 Å². The highest BCUT2D eigenvalue weighted by Crippen LogP contribution is 2.64. The van der Waals surface area contributed by atoms with Crippen molar-refractivity contribution < 1.29 is 54.2 Å². The van der Waals surface area contributed by atoms with Gasteiger partial charge in [-0.25, -0.2) is 4.79 Å². The number of allylic oxidation sites excluding steroid dienone is 6. The van der Waals surface area contributed by atoms with Crippen molar-refractivity contribution in [2.75, 3.05) is 25.6 Å². The van der Waals surface area contributed by atoms with Crippen LogP contribution in [0, 0.1) is 17.8 Å². The second-order valence-corrected chi connectivity index (χ2v) is 14.8. The van der Waals surface area contributed by atoms with Gasteiger partial charge in [-0.1, -0.05) is 39.3 Å². The Morgan fingerprint density at radius 2 is 1.46 bits per heavy atom. The van der Waals surface area contributed by atoms with Gasteiger partial charge in [0.1, 0.15) is 23.7 Å². The molecule has 274 valence electrons. The van der Waals surface area contributed by atoms with Crippen LogP contribution in [0.25, 0.3) is 5.57 Å². The zero-order valence-corrected chi connectivity index (χ0v) is 30.1. The average Bonchev–Trinajstić information content (AvgIpc) is 3.19. The van der Waals surface area contributed by atoms with Gasteiger partial charge in [-0.15, -0.1) is 0 Å². The summed E-state index contributed by atoms with van der Waals surface area (Å²) in [5, 5.41) is 57.3. The van der Waals surface area contributed by atoms with Gasteiger partial charge in [0.2, 0.25) is 0 Å². The standard InChI is InChI=1S/C40H43NO11/c1-14(2)20(39(48)49)11-22-21-8-16(5)25(17(6)44)34-33-28(21)31-26(19(13-43)10-24(46)30(31)37(22)47)27-18(12-42)9-23(45)29(32(27)33)36(38(34)52-7)41-35(15(3)4)40(50)51/h8-10,14-15,20,25,28,35,37,41-43,47H,11-13H2,1-7H3,(H,48,49)(H,50,51). The van der Waals surface area contributed by atoms with Crippen molar-refractivity contribution >= 4 is 40.5 Å². The van der Waals surface area contributed by atoms with E-state index in [0.717, 1.165) is 0 Å². The first kappa shape index (κ1) is 36.9. The number of benzene rings is 1. The number of aliphatic hydroxyl groups excluding tert-OH is 3. The first-order chi connectivity index (χ1) is 24.5. The minimum absolute atomic E-state index is 0.0245. The number of ketones is 3. The van der Waals surface area contributed by atoms with E-state index in [2.05, 4.69) is 5.32 Å². The van der Waals surface area contributed by atoms with E-state index < -0.39 is 72.5 Å². The van der Waals surface area contributed by atoms with Crippen molar-refractivity contribution in [1.29, 1.82) is 0 Å². The fourth-order valence-corrected chi connectivity index (χ4v) is 8.80. The second-order valence-electron chi connectivity index (χ2n) is 14.8. The molecule has 0 heterocycles. The molecule has 0 aliphatic heterocycles. The summed E-state index contributed by atoms with van der Waals surface area (Å²) in [6, 6.07) is -1.21. The molecule has 0 bridgehead atoms. The Bertz CT molecular complexity index is 2070. The van der Waals surface area contributed by atoms with Crippen molar-refractivity contribution in [3.05, 3.63) is 85.1 Å². The normalized spacial score (nSPS) is 22.8. The molecular formula is C40H43NO11. The third kappa shape index (κ3) is 5.26. The monoisotopic (exact) mass is 713 g/mol. The van der Waals surface area contributed by atoms with Gasteiger partial charge < -0.3 is 35.6 Å². The minimum atomic E-state index is -1.55. The fourth-order valence-electron chi connectivity index (χ4n) is 8.80. The van der Waals surface area contributed by atoms with E-state index in [9.17, 15) is 49.5 Å². The van der Waals surface area contributed by atoms with Gasteiger partial charge in [0, 0.05) is 22.6 Å². The van der Waals surface area contributed by atoms with E-state index in [1.165, 1.54) is 26.2 Å². The largest absolute Gasteiger partial charge is 0.494 e. The van der Waals surface area contributed by atoms with Crippen LogP contribution in [-0.2, 0) is 19.2 Å². The van der Waals surface area contributed by atoms with Crippen LogP contribution >= 0.6 is 0 Å². The van der Waals surface area contributed by atoms with Crippen molar-refractivity contribution in [2.24, 2.45) is 17.8 Å². The Kier molecular flexibility index (Phi) is 9.40. The van der Waals surface area contributed by atoms with Gasteiger partial charge in [0.05, 0.1) is 43.4 Å². The van der Waals surface area contributed by atoms with Gasteiger partial charge in [-0.3, -0.25) is 19.2 Å². The van der Waals surface area contributed by atoms with E-state index in [-0.39, 0.29) is 63.0 Å². The smallest absolute Gasteiger partial charge is 0.326 e. The Hall–Kier alpha value is -4.91. The molecule has 5 unspecified atom stereocenters. The number of ether oxygens (including phenoxy) is 1. The topological polar surface area (TPSA) is 208 Å². The van der Waals surface area contributed by atoms with Crippen LogP contribution in [0.15, 0.2) is 62.8 Å². The number of Topliss-reactive ketones (excluding diaryl/α,β-unsaturated/α-hetero) is 1. The molecule has 0 spiro atoms. The maximum absolute atomic E-state index is 14.3. The Morgan fingerprint density at radius 1 is 0.846 bits per heavy atom. The number of nitrogens with one attached hydrogen (secondary N) is 1. The predicted octanol–water partition coefficient (Wildman–Crippen LogP) is 4.03. The summed E-state index contributed by atoms with van der Waals surface area (Å²) in [4.78, 5) is 67.4. The fraction of sp³-hybridized carbons (Fsp3) is 0.425. The van der Waals surface area contributed by atoms with Crippen LogP contribution in [0.4, 0.5) is 5.69 Å². The Balaban J connectivity index is 1.90. The van der Waals surface area contributed by atoms with Gasteiger partial charge in [-0.2, -0.15) is 0 Å². The molecule has 6 rings (SSSR count). The molecule has 0 radical (unpaired) electrons. The highest BCUT2D eigenvalue weighted by molar-refractivity contribution is 6.22. The van der Waals surface area contributed by atoms with E-state index in [1.807, 2.05) is 0 Å². The molecule has 52 heavy (non-hydrogen) atoms. The Morgan fingerprint density at radius 3 is 1.98 bits per heavy atom. The van der Waals surface area contributed by atoms with Crippen molar-refractivity contribution in [2.45, 2.75) is 71.9 Å². The lowest BCUT2D eigenvalue weighted by Gasteiger charge is -2.45. The molecule has 5 aliphatic rings. The molecule has 5 aliphatic carbocycles. The summed E-state index contributed by atoms with van der Waals surface area (Å²) in [5.74, 6) is -7.49. The Labute approximate surface area is 300 Å². The number of hydrogen-bond acceptors (Lipinski definition) is 10. The number of methoxy groups -OCH3 is 1. The number of hydrogen-bond donors (Lipinski definition) is 6. The number of aliphatic carboxylic acids is 2. The molecular weight excluding hydrogens is 670 g/mol. The van der Waals surface area contributed by atoms with E-state index >= 15 is 0 Å². The number of rotatable bonds is 12. The summed E-state index contributed by atoms with van der Waals surface area (Å²) >= 11 is 0. The van der Waals surface area contributed by atoms with Crippen LogP contribution < -0.4 is 10.1 Å². The molecule has 0 fully saturated rings. The first-order valence-electron chi connectivity index (χ1n) is 17.3.